The number of aromatic nitrogens is 1. The highest BCUT2D eigenvalue weighted by molar-refractivity contribution is 5.67. The van der Waals surface area contributed by atoms with Crippen molar-refractivity contribution in [1.82, 2.24) is 4.98 Å². The van der Waals surface area contributed by atoms with E-state index in [0.717, 1.165) is 16.8 Å². The molecular formula is C21H16N2O. The van der Waals surface area contributed by atoms with Crippen molar-refractivity contribution in [2.24, 2.45) is 0 Å². The minimum Gasteiger partial charge on any atom is -0.488 e. The molecule has 0 atom stereocenters. The molecule has 0 spiro atoms. The highest BCUT2D eigenvalue weighted by Crippen LogP contribution is 2.18. The quantitative estimate of drug-likeness (QED) is 0.686. The summed E-state index contributed by atoms with van der Waals surface area (Å²) < 4.78 is 5.73. The molecule has 0 amide bonds. The Labute approximate surface area is 141 Å². The van der Waals surface area contributed by atoms with Gasteiger partial charge in [-0.25, -0.2) is 0 Å². The maximum Gasteiger partial charge on any atom is 0.137 e. The van der Waals surface area contributed by atoms with E-state index in [0.29, 0.717) is 17.9 Å². The van der Waals surface area contributed by atoms with Crippen molar-refractivity contribution < 1.29 is 4.74 Å². The van der Waals surface area contributed by atoms with Crippen LogP contribution in [0.15, 0.2) is 72.9 Å². The molecule has 116 valence electrons. The zero-order valence-electron chi connectivity index (χ0n) is 13.1. The van der Waals surface area contributed by atoms with E-state index in [1.165, 1.54) is 0 Å². The van der Waals surface area contributed by atoms with Crippen molar-refractivity contribution in [2.75, 3.05) is 0 Å². The van der Waals surface area contributed by atoms with Gasteiger partial charge in [0.05, 0.1) is 11.3 Å². The van der Waals surface area contributed by atoms with Crippen molar-refractivity contribution in [1.29, 1.82) is 5.26 Å². The van der Waals surface area contributed by atoms with Crippen molar-refractivity contribution in [2.45, 2.75) is 6.61 Å². The van der Waals surface area contributed by atoms with Gasteiger partial charge in [-0.1, -0.05) is 48.5 Å². The first-order valence-corrected chi connectivity index (χ1v) is 7.65. The Kier molecular flexibility index (Phi) is 5.01. The van der Waals surface area contributed by atoms with Gasteiger partial charge in [0.2, 0.25) is 0 Å². The van der Waals surface area contributed by atoms with E-state index in [4.69, 9.17) is 10.00 Å². The molecule has 0 saturated heterocycles. The van der Waals surface area contributed by atoms with E-state index >= 15 is 0 Å². The van der Waals surface area contributed by atoms with Crippen LogP contribution in [0.25, 0.3) is 12.2 Å². The fourth-order valence-corrected chi connectivity index (χ4v) is 2.23. The monoisotopic (exact) mass is 312 g/mol. The fourth-order valence-electron chi connectivity index (χ4n) is 2.23. The predicted molar refractivity (Wildman–Crippen MR) is 95.1 cm³/mol. The number of pyridine rings is 1. The largest absolute Gasteiger partial charge is 0.488 e. The lowest BCUT2D eigenvalue weighted by Crippen LogP contribution is -1.97. The number of hydrogen-bond acceptors (Lipinski definition) is 3. The lowest BCUT2D eigenvalue weighted by atomic mass is 10.1. The third-order valence-corrected chi connectivity index (χ3v) is 3.52. The van der Waals surface area contributed by atoms with Gasteiger partial charge >= 0.3 is 0 Å². The molecular weight excluding hydrogens is 296 g/mol. The first-order chi connectivity index (χ1) is 11.8. The Morgan fingerprint density at radius 2 is 1.71 bits per heavy atom. The van der Waals surface area contributed by atoms with E-state index in [-0.39, 0.29) is 0 Å². The molecule has 1 aromatic heterocycles. The van der Waals surface area contributed by atoms with Crippen LogP contribution in [-0.2, 0) is 6.61 Å². The van der Waals surface area contributed by atoms with Gasteiger partial charge in [-0.05, 0) is 41.5 Å². The van der Waals surface area contributed by atoms with E-state index in [1.807, 2.05) is 72.8 Å². The molecule has 0 saturated carbocycles. The van der Waals surface area contributed by atoms with E-state index in [2.05, 4.69) is 11.1 Å². The lowest BCUT2D eigenvalue weighted by Gasteiger charge is -2.07. The van der Waals surface area contributed by atoms with Crippen molar-refractivity contribution in [3.8, 4) is 11.8 Å². The third-order valence-electron chi connectivity index (χ3n) is 3.52. The Bertz CT molecular complexity index is 862. The Hall–Kier alpha value is -3.38. The van der Waals surface area contributed by atoms with Gasteiger partial charge in [0.25, 0.3) is 0 Å². The number of nitrogens with zero attached hydrogens (tertiary/aromatic N) is 2. The third kappa shape index (κ3) is 4.08. The Morgan fingerprint density at radius 3 is 2.46 bits per heavy atom. The zero-order valence-corrected chi connectivity index (χ0v) is 13.1. The average molecular weight is 312 g/mol. The van der Waals surface area contributed by atoms with E-state index in [1.54, 1.807) is 12.3 Å². The number of benzene rings is 2. The minimum absolute atomic E-state index is 0.433. The molecule has 3 nitrogen and oxygen atoms in total. The molecule has 0 fully saturated rings. The summed E-state index contributed by atoms with van der Waals surface area (Å²) in [7, 11) is 0. The van der Waals surface area contributed by atoms with Crippen molar-refractivity contribution in [3.05, 3.63) is 95.3 Å². The standard InChI is InChI=1S/C21H16N2O/c22-15-19-5-1-2-7-21(19)24-16-18-10-8-17(9-11-18)12-13-20-6-3-4-14-23-20/h1-14H,16H2/b13-12+. The van der Waals surface area contributed by atoms with Crippen LogP contribution in [0.5, 0.6) is 5.75 Å². The summed E-state index contributed by atoms with van der Waals surface area (Å²) in [5, 5.41) is 9.06. The summed E-state index contributed by atoms with van der Waals surface area (Å²) in [6, 6.07) is 23.3. The molecule has 0 radical (unpaired) electrons. The number of ether oxygens (including phenoxy) is 1. The second-order valence-electron chi connectivity index (χ2n) is 5.23. The minimum atomic E-state index is 0.433. The molecule has 2 aromatic carbocycles. The summed E-state index contributed by atoms with van der Waals surface area (Å²) in [5.41, 5.74) is 3.63. The van der Waals surface area contributed by atoms with Crippen molar-refractivity contribution >= 4 is 12.2 Å². The second-order valence-corrected chi connectivity index (χ2v) is 5.23. The van der Waals surface area contributed by atoms with Crippen LogP contribution in [0.2, 0.25) is 0 Å². The molecule has 3 aromatic rings. The van der Waals surface area contributed by atoms with Gasteiger partial charge in [0, 0.05) is 6.20 Å². The lowest BCUT2D eigenvalue weighted by molar-refractivity contribution is 0.305. The normalized spacial score (nSPS) is 10.5. The van der Waals surface area contributed by atoms with Crippen LogP contribution in [0.1, 0.15) is 22.4 Å². The number of rotatable bonds is 5. The molecule has 3 rings (SSSR count). The van der Waals surface area contributed by atoms with Crippen molar-refractivity contribution in [3.63, 3.8) is 0 Å². The Morgan fingerprint density at radius 1 is 0.917 bits per heavy atom. The fraction of sp³-hybridized carbons (Fsp3) is 0.0476. The van der Waals surface area contributed by atoms with Crippen LogP contribution >= 0.6 is 0 Å². The van der Waals surface area contributed by atoms with Crippen LogP contribution in [-0.4, -0.2) is 4.98 Å². The van der Waals surface area contributed by atoms with Gasteiger partial charge < -0.3 is 4.74 Å². The van der Waals surface area contributed by atoms with Gasteiger partial charge in [-0.2, -0.15) is 5.26 Å². The number of hydrogen-bond donors (Lipinski definition) is 0. The maximum atomic E-state index is 9.06. The van der Waals surface area contributed by atoms with Gasteiger partial charge in [0.15, 0.2) is 0 Å². The van der Waals surface area contributed by atoms with Gasteiger partial charge in [0.1, 0.15) is 18.4 Å². The second kappa shape index (κ2) is 7.75. The van der Waals surface area contributed by atoms with Gasteiger partial charge in [-0.15, -0.1) is 0 Å². The molecule has 0 aliphatic heterocycles. The number of nitriles is 1. The smallest absolute Gasteiger partial charge is 0.137 e. The Balaban J connectivity index is 1.63. The molecule has 0 N–H and O–H groups in total. The highest BCUT2D eigenvalue weighted by Gasteiger charge is 2.02. The number of para-hydroxylation sites is 1. The van der Waals surface area contributed by atoms with E-state index in [9.17, 15) is 0 Å². The van der Waals surface area contributed by atoms with Gasteiger partial charge in [-0.3, -0.25) is 4.98 Å². The zero-order chi connectivity index (χ0) is 16.6. The van der Waals surface area contributed by atoms with Crippen LogP contribution in [0.3, 0.4) is 0 Å². The molecule has 0 aliphatic carbocycles. The average Bonchev–Trinajstić information content (AvgIpc) is 2.66. The topological polar surface area (TPSA) is 45.9 Å². The van der Waals surface area contributed by atoms with Crippen LogP contribution in [0.4, 0.5) is 0 Å². The predicted octanol–water partition coefficient (Wildman–Crippen LogP) is 4.70. The van der Waals surface area contributed by atoms with Crippen LogP contribution in [0, 0.1) is 11.3 Å². The summed E-state index contributed by atoms with van der Waals surface area (Å²) in [6.07, 6.45) is 5.78. The molecule has 24 heavy (non-hydrogen) atoms. The first kappa shape index (κ1) is 15.5. The SMILES string of the molecule is N#Cc1ccccc1OCc1ccc(/C=C/c2ccccn2)cc1. The molecule has 3 heteroatoms. The highest BCUT2D eigenvalue weighted by atomic mass is 16.5. The molecule has 1 heterocycles. The first-order valence-electron chi connectivity index (χ1n) is 7.65. The summed E-state index contributed by atoms with van der Waals surface area (Å²) in [4.78, 5) is 4.26. The maximum absolute atomic E-state index is 9.06. The summed E-state index contributed by atoms with van der Waals surface area (Å²) in [5.74, 6) is 0.610. The molecule has 0 bridgehead atoms. The summed E-state index contributed by atoms with van der Waals surface area (Å²) >= 11 is 0. The molecule has 0 unspecified atom stereocenters. The van der Waals surface area contributed by atoms with E-state index < -0.39 is 0 Å². The van der Waals surface area contributed by atoms with Crippen LogP contribution < -0.4 is 4.74 Å². The summed E-state index contributed by atoms with van der Waals surface area (Å²) in [6.45, 7) is 0.433. The molecule has 0 aliphatic rings.